The van der Waals surface area contributed by atoms with Crippen LogP contribution in [0.25, 0.3) is 0 Å². The first-order valence-corrected chi connectivity index (χ1v) is 4.62. The van der Waals surface area contributed by atoms with Crippen molar-refractivity contribution in [3.05, 3.63) is 0 Å². The zero-order valence-electron chi connectivity index (χ0n) is 5.89. The lowest BCUT2D eigenvalue weighted by molar-refractivity contribution is 0.260. The van der Waals surface area contributed by atoms with Crippen LogP contribution in [0.5, 0.6) is 0 Å². The summed E-state index contributed by atoms with van der Waals surface area (Å²) in [5, 5.41) is 0. The number of hydrogen-bond acceptors (Lipinski definition) is 2. The minimum atomic E-state index is 0.784. The van der Waals surface area contributed by atoms with E-state index in [-0.39, 0.29) is 0 Å². The predicted octanol–water partition coefficient (Wildman–Crippen LogP) is 1.20. The van der Waals surface area contributed by atoms with E-state index in [1.807, 2.05) is 0 Å². The van der Waals surface area contributed by atoms with E-state index < -0.39 is 0 Å². The van der Waals surface area contributed by atoms with Crippen molar-refractivity contribution in [1.82, 2.24) is 4.90 Å². The van der Waals surface area contributed by atoms with Crippen molar-refractivity contribution in [2.75, 3.05) is 25.9 Å². The van der Waals surface area contributed by atoms with E-state index in [1.54, 1.807) is 0 Å². The van der Waals surface area contributed by atoms with Crippen molar-refractivity contribution in [3.63, 3.8) is 0 Å². The highest BCUT2D eigenvalue weighted by Gasteiger charge is 2.44. The summed E-state index contributed by atoms with van der Waals surface area (Å²) in [6.07, 6.45) is 2.88. The number of piperidine rings is 1. The Bertz CT molecular complexity index is 110. The highest BCUT2D eigenvalue weighted by Crippen LogP contribution is 2.51. The van der Waals surface area contributed by atoms with Gasteiger partial charge >= 0.3 is 0 Å². The third-order valence-corrected chi connectivity index (χ3v) is 3.96. The average molecular weight is 143 g/mol. The zero-order valence-corrected chi connectivity index (χ0v) is 6.71. The fraction of sp³-hybridized carbons (Fsp3) is 1.00. The normalized spacial score (nSPS) is 33.0. The summed E-state index contributed by atoms with van der Waals surface area (Å²) >= 11 is 2.17. The molecule has 1 spiro atoms. The summed E-state index contributed by atoms with van der Waals surface area (Å²) in [5.41, 5.74) is 0. The molecule has 9 heavy (non-hydrogen) atoms. The fourth-order valence-electron chi connectivity index (χ4n) is 1.42. The topological polar surface area (TPSA) is 3.24 Å². The lowest BCUT2D eigenvalue weighted by Gasteiger charge is -2.27. The van der Waals surface area contributed by atoms with Gasteiger partial charge in [0.15, 0.2) is 0 Å². The third-order valence-electron chi connectivity index (χ3n) is 2.45. The molecule has 52 valence electrons. The van der Waals surface area contributed by atoms with Gasteiger partial charge in [-0.05, 0) is 33.0 Å². The van der Waals surface area contributed by atoms with Crippen LogP contribution in [-0.2, 0) is 0 Å². The lowest BCUT2D eigenvalue weighted by Crippen LogP contribution is -2.33. The molecule has 0 saturated carbocycles. The average Bonchev–Trinajstić information content (AvgIpc) is 2.60. The van der Waals surface area contributed by atoms with Gasteiger partial charge in [-0.15, -0.1) is 0 Å². The van der Waals surface area contributed by atoms with Crippen LogP contribution in [-0.4, -0.2) is 35.5 Å². The highest BCUT2D eigenvalue weighted by atomic mass is 32.2. The van der Waals surface area contributed by atoms with Gasteiger partial charge in [-0.3, -0.25) is 0 Å². The van der Waals surface area contributed by atoms with Gasteiger partial charge in [0.25, 0.3) is 0 Å². The summed E-state index contributed by atoms with van der Waals surface area (Å²) in [6, 6.07) is 0. The molecule has 0 radical (unpaired) electrons. The number of likely N-dealkylation sites (tertiary alicyclic amines) is 1. The molecule has 2 aliphatic heterocycles. The molecular formula is C7H13NS. The van der Waals surface area contributed by atoms with Crippen LogP contribution in [0.15, 0.2) is 0 Å². The van der Waals surface area contributed by atoms with Crippen LogP contribution in [0.2, 0.25) is 0 Å². The molecule has 0 aromatic rings. The first kappa shape index (κ1) is 6.05. The van der Waals surface area contributed by atoms with E-state index in [1.165, 1.54) is 31.7 Å². The second-order valence-electron chi connectivity index (χ2n) is 3.27. The monoisotopic (exact) mass is 143 g/mol. The Morgan fingerprint density at radius 3 is 2.33 bits per heavy atom. The maximum absolute atomic E-state index is 2.43. The molecule has 0 aromatic carbocycles. The first-order chi connectivity index (χ1) is 4.31. The van der Waals surface area contributed by atoms with Crippen LogP contribution >= 0.6 is 11.8 Å². The molecule has 2 fully saturated rings. The standard InChI is InChI=1S/C7H13NS/c1-8-4-2-7(3-5-8)6-9-7/h2-6H2,1H3. The Morgan fingerprint density at radius 1 is 1.33 bits per heavy atom. The quantitative estimate of drug-likeness (QED) is 0.469. The van der Waals surface area contributed by atoms with Crippen molar-refractivity contribution >= 4 is 11.8 Å². The van der Waals surface area contributed by atoms with E-state index in [0.29, 0.717) is 0 Å². The molecule has 2 rings (SSSR count). The number of hydrogen-bond donors (Lipinski definition) is 0. The van der Waals surface area contributed by atoms with Crippen LogP contribution in [0.3, 0.4) is 0 Å². The van der Waals surface area contributed by atoms with Gasteiger partial charge in [-0.25, -0.2) is 0 Å². The molecule has 0 amide bonds. The van der Waals surface area contributed by atoms with Gasteiger partial charge in [0.05, 0.1) is 0 Å². The Labute approximate surface area is 60.8 Å². The van der Waals surface area contributed by atoms with Gasteiger partial charge < -0.3 is 4.90 Å². The molecule has 0 N–H and O–H groups in total. The van der Waals surface area contributed by atoms with Crippen molar-refractivity contribution in [2.45, 2.75) is 17.6 Å². The number of thioether (sulfide) groups is 1. The molecule has 0 aromatic heterocycles. The van der Waals surface area contributed by atoms with E-state index in [2.05, 4.69) is 23.7 Å². The Morgan fingerprint density at radius 2 is 1.89 bits per heavy atom. The minimum Gasteiger partial charge on any atom is -0.306 e. The predicted molar refractivity (Wildman–Crippen MR) is 41.9 cm³/mol. The largest absolute Gasteiger partial charge is 0.306 e. The molecule has 2 heteroatoms. The zero-order chi connectivity index (χ0) is 6.32. The van der Waals surface area contributed by atoms with E-state index in [0.717, 1.165) is 4.75 Å². The molecule has 2 saturated heterocycles. The second kappa shape index (κ2) is 1.89. The fourth-order valence-corrected chi connectivity index (χ4v) is 2.38. The van der Waals surface area contributed by atoms with Crippen molar-refractivity contribution < 1.29 is 0 Å². The summed E-state index contributed by atoms with van der Waals surface area (Å²) < 4.78 is 0.784. The maximum atomic E-state index is 2.43. The van der Waals surface area contributed by atoms with Gasteiger partial charge in [0, 0.05) is 10.5 Å². The summed E-state index contributed by atoms with van der Waals surface area (Å²) in [6.45, 7) is 2.65. The molecule has 0 unspecified atom stereocenters. The molecular weight excluding hydrogens is 130 g/mol. The third kappa shape index (κ3) is 1.10. The second-order valence-corrected chi connectivity index (χ2v) is 4.72. The Balaban J connectivity index is 1.91. The van der Waals surface area contributed by atoms with Crippen LogP contribution in [0, 0.1) is 0 Å². The smallest absolute Gasteiger partial charge is 0.0275 e. The van der Waals surface area contributed by atoms with Gasteiger partial charge in [0.1, 0.15) is 0 Å². The molecule has 0 atom stereocenters. The summed E-state index contributed by atoms with van der Waals surface area (Å²) in [4.78, 5) is 2.43. The van der Waals surface area contributed by atoms with Gasteiger partial charge in [-0.2, -0.15) is 11.8 Å². The highest BCUT2D eigenvalue weighted by molar-refractivity contribution is 8.07. The maximum Gasteiger partial charge on any atom is 0.0275 e. The van der Waals surface area contributed by atoms with E-state index in [4.69, 9.17) is 0 Å². The Hall–Kier alpha value is 0.310. The Kier molecular flexibility index (Phi) is 1.27. The van der Waals surface area contributed by atoms with Crippen molar-refractivity contribution in [3.8, 4) is 0 Å². The van der Waals surface area contributed by atoms with Crippen molar-refractivity contribution in [2.24, 2.45) is 0 Å². The molecule has 2 aliphatic rings. The first-order valence-electron chi connectivity index (χ1n) is 3.63. The van der Waals surface area contributed by atoms with Crippen LogP contribution in [0.1, 0.15) is 12.8 Å². The van der Waals surface area contributed by atoms with Crippen LogP contribution in [0.4, 0.5) is 0 Å². The van der Waals surface area contributed by atoms with E-state index in [9.17, 15) is 0 Å². The van der Waals surface area contributed by atoms with Gasteiger partial charge in [0.2, 0.25) is 0 Å². The molecule has 0 aliphatic carbocycles. The van der Waals surface area contributed by atoms with Gasteiger partial charge in [-0.1, -0.05) is 0 Å². The summed E-state index contributed by atoms with van der Waals surface area (Å²) in [7, 11) is 2.22. The van der Waals surface area contributed by atoms with E-state index >= 15 is 0 Å². The number of nitrogens with zero attached hydrogens (tertiary/aromatic N) is 1. The van der Waals surface area contributed by atoms with Crippen LogP contribution < -0.4 is 0 Å². The van der Waals surface area contributed by atoms with Crippen molar-refractivity contribution in [1.29, 1.82) is 0 Å². The molecule has 0 bridgehead atoms. The summed E-state index contributed by atoms with van der Waals surface area (Å²) in [5.74, 6) is 1.45. The molecule has 2 heterocycles. The lowest BCUT2D eigenvalue weighted by atomic mass is 10.00. The minimum absolute atomic E-state index is 0.784. The number of rotatable bonds is 0. The SMILES string of the molecule is CN1CCC2(CC1)CS2. The molecule has 1 nitrogen and oxygen atoms in total.